The highest BCUT2D eigenvalue weighted by atomic mass is 19.1. The molecular weight excluding hydrogens is 363 g/mol. The Labute approximate surface area is 171 Å². The highest BCUT2D eigenvalue weighted by molar-refractivity contribution is 5.78. The summed E-state index contributed by atoms with van der Waals surface area (Å²) in [5.41, 5.74) is 3.19. The molecule has 1 amide bonds. The molecule has 3 nitrogen and oxygen atoms in total. The van der Waals surface area contributed by atoms with E-state index in [1.54, 1.807) is 12.1 Å². The average Bonchev–Trinajstić information content (AvgIpc) is 2.78. The summed E-state index contributed by atoms with van der Waals surface area (Å²) in [5.74, 6) is -0.0117. The normalized spacial score (nSPS) is 14.3. The van der Waals surface area contributed by atoms with Crippen LogP contribution < -0.4 is 4.90 Å². The Bertz CT molecular complexity index is 898. The number of halogens is 1. The van der Waals surface area contributed by atoms with Crippen LogP contribution in [0.1, 0.15) is 23.5 Å². The van der Waals surface area contributed by atoms with Crippen molar-refractivity contribution in [1.82, 2.24) is 4.90 Å². The lowest BCUT2D eigenvalue weighted by atomic mass is 9.88. The number of benzene rings is 3. The van der Waals surface area contributed by atoms with Gasteiger partial charge >= 0.3 is 0 Å². The summed E-state index contributed by atoms with van der Waals surface area (Å²) < 4.78 is 13.5. The zero-order chi connectivity index (χ0) is 20.1. The second-order valence-corrected chi connectivity index (χ2v) is 7.43. The molecule has 1 heterocycles. The Morgan fingerprint density at radius 1 is 0.793 bits per heavy atom. The SMILES string of the molecule is O=C(CC(c1ccccc1)c1ccccc1)N1CCN(c2cccc(F)c2)CC1. The fraction of sp³-hybridized carbons (Fsp3) is 0.240. The van der Waals surface area contributed by atoms with Gasteiger partial charge in [0.15, 0.2) is 0 Å². The van der Waals surface area contributed by atoms with Gasteiger partial charge in [-0.2, -0.15) is 0 Å². The third kappa shape index (κ3) is 4.65. The van der Waals surface area contributed by atoms with Crippen molar-refractivity contribution in [1.29, 1.82) is 0 Å². The van der Waals surface area contributed by atoms with Gasteiger partial charge < -0.3 is 9.80 Å². The number of rotatable bonds is 5. The minimum atomic E-state index is -0.227. The lowest BCUT2D eigenvalue weighted by Gasteiger charge is -2.36. The van der Waals surface area contributed by atoms with Crippen LogP contribution in [0.25, 0.3) is 0 Å². The molecule has 1 aliphatic heterocycles. The molecule has 4 rings (SSSR count). The summed E-state index contributed by atoms with van der Waals surface area (Å²) >= 11 is 0. The summed E-state index contributed by atoms with van der Waals surface area (Å²) in [6, 6.07) is 27.1. The first-order valence-corrected chi connectivity index (χ1v) is 10.1. The number of nitrogens with zero attached hydrogens (tertiary/aromatic N) is 2. The number of anilines is 1. The highest BCUT2D eigenvalue weighted by Crippen LogP contribution is 2.29. The minimum Gasteiger partial charge on any atom is -0.368 e. The summed E-state index contributed by atoms with van der Waals surface area (Å²) in [6.07, 6.45) is 0.452. The standard InChI is InChI=1S/C25H25FN2O/c26-22-12-7-13-23(18-22)27-14-16-28(17-15-27)25(29)19-24(20-8-3-1-4-9-20)21-10-5-2-6-11-21/h1-13,18,24H,14-17,19H2. The zero-order valence-corrected chi connectivity index (χ0v) is 16.4. The molecule has 0 bridgehead atoms. The van der Waals surface area contributed by atoms with Crippen molar-refractivity contribution in [2.75, 3.05) is 31.1 Å². The topological polar surface area (TPSA) is 23.6 Å². The van der Waals surface area contributed by atoms with E-state index in [1.165, 1.54) is 6.07 Å². The number of hydrogen-bond acceptors (Lipinski definition) is 2. The van der Waals surface area contributed by atoms with Crippen molar-refractivity contribution in [3.63, 3.8) is 0 Å². The van der Waals surface area contributed by atoms with Gasteiger partial charge in [0, 0.05) is 44.2 Å². The van der Waals surface area contributed by atoms with E-state index in [1.807, 2.05) is 47.4 Å². The number of hydrogen-bond donors (Lipinski definition) is 0. The van der Waals surface area contributed by atoms with Gasteiger partial charge in [0.05, 0.1) is 0 Å². The van der Waals surface area contributed by atoms with E-state index in [0.717, 1.165) is 29.9 Å². The predicted octanol–water partition coefficient (Wildman–Crippen LogP) is 4.70. The third-order valence-electron chi connectivity index (χ3n) is 5.59. The van der Waals surface area contributed by atoms with Gasteiger partial charge in [0.25, 0.3) is 0 Å². The van der Waals surface area contributed by atoms with E-state index < -0.39 is 0 Å². The molecule has 3 aromatic rings. The fourth-order valence-corrected chi connectivity index (χ4v) is 3.99. The van der Waals surface area contributed by atoms with Crippen molar-refractivity contribution in [2.45, 2.75) is 12.3 Å². The van der Waals surface area contributed by atoms with Gasteiger partial charge in [0.1, 0.15) is 5.82 Å². The monoisotopic (exact) mass is 388 g/mol. The largest absolute Gasteiger partial charge is 0.368 e. The first kappa shape index (κ1) is 19.2. The van der Waals surface area contributed by atoms with Crippen LogP contribution in [0.3, 0.4) is 0 Å². The molecule has 1 saturated heterocycles. The molecule has 0 aliphatic carbocycles. The highest BCUT2D eigenvalue weighted by Gasteiger charge is 2.25. The maximum Gasteiger partial charge on any atom is 0.223 e. The minimum absolute atomic E-state index is 0.0474. The van der Waals surface area contributed by atoms with Gasteiger partial charge in [-0.05, 0) is 29.3 Å². The molecule has 0 spiro atoms. The maximum atomic E-state index is 13.5. The molecule has 3 aromatic carbocycles. The summed E-state index contributed by atoms with van der Waals surface area (Å²) in [7, 11) is 0. The molecule has 0 atom stereocenters. The van der Waals surface area contributed by atoms with E-state index in [-0.39, 0.29) is 17.6 Å². The van der Waals surface area contributed by atoms with Crippen LogP contribution in [-0.4, -0.2) is 37.0 Å². The molecular formula is C25H25FN2O. The number of amides is 1. The molecule has 0 unspecified atom stereocenters. The van der Waals surface area contributed by atoms with Crippen LogP contribution in [-0.2, 0) is 4.79 Å². The molecule has 1 fully saturated rings. The first-order valence-electron chi connectivity index (χ1n) is 10.1. The number of piperazine rings is 1. The Morgan fingerprint density at radius 3 is 1.93 bits per heavy atom. The molecule has 0 aromatic heterocycles. The summed E-state index contributed by atoms with van der Waals surface area (Å²) in [5, 5.41) is 0. The Kier molecular flexibility index (Phi) is 5.89. The summed E-state index contributed by atoms with van der Waals surface area (Å²) in [6.45, 7) is 2.75. The predicted molar refractivity (Wildman–Crippen MR) is 115 cm³/mol. The lowest BCUT2D eigenvalue weighted by Crippen LogP contribution is -2.49. The quantitative estimate of drug-likeness (QED) is 0.633. The molecule has 4 heteroatoms. The van der Waals surface area contributed by atoms with Crippen molar-refractivity contribution in [2.24, 2.45) is 0 Å². The Balaban J connectivity index is 1.44. The second kappa shape index (κ2) is 8.91. The van der Waals surface area contributed by atoms with Crippen LogP contribution in [0.4, 0.5) is 10.1 Å². The van der Waals surface area contributed by atoms with Crippen LogP contribution in [0, 0.1) is 5.82 Å². The average molecular weight is 388 g/mol. The van der Waals surface area contributed by atoms with Gasteiger partial charge in [-0.15, -0.1) is 0 Å². The smallest absolute Gasteiger partial charge is 0.223 e. The summed E-state index contributed by atoms with van der Waals surface area (Å²) in [4.78, 5) is 17.2. The fourth-order valence-electron chi connectivity index (χ4n) is 3.99. The number of carbonyl (C=O) groups is 1. The van der Waals surface area contributed by atoms with Crippen LogP contribution in [0.2, 0.25) is 0 Å². The lowest BCUT2D eigenvalue weighted by molar-refractivity contribution is -0.131. The van der Waals surface area contributed by atoms with Crippen molar-refractivity contribution in [3.05, 3.63) is 102 Å². The zero-order valence-electron chi connectivity index (χ0n) is 16.4. The molecule has 0 radical (unpaired) electrons. The molecule has 148 valence electrons. The molecule has 1 aliphatic rings. The van der Waals surface area contributed by atoms with Crippen molar-refractivity contribution < 1.29 is 9.18 Å². The van der Waals surface area contributed by atoms with Crippen LogP contribution in [0.15, 0.2) is 84.9 Å². The van der Waals surface area contributed by atoms with Crippen molar-refractivity contribution >= 4 is 11.6 Å². The van der Waals surface area contributed by atoms with E-state index in [9.17, 15) is 9.18 Å². The first-order chi connectivity index (χ1) is 14.2. The molecule has 0 saturated carbocycles. The maximum absolute atomic E-state index is 13.5. The van der Waals surface area contributed by atoms with Crippen LogP contribution >= 0.6 is 0 Å². The van der Waals surface area contributed by atoms with E-state index in [2.05, 4.69) is 29.2 Å². The van der Waals surface area contributed by atoms with E-state index in [4.69, 9.17) is 0 Å². The van der Waals surface area contributed by atoms with Crippen LogP contribution in [0.5, 0.6) is 0 Å². The van der Waals surface area contributed by atoms with Crippen molar-refractivity contribution in [3.8, 4) is 0 Å². The third-order valence-corrected chi connectivity index (χ3v) is 5.59. The van der Waals surface area contributed by atoms with Gasteiger partial charge in [-0.25, -0.2) is 4.39 Å². The van der Waals surface area contributed by atoms with Gasteiger partial charge in [0.2, 0.25) is 5.91 Å². The number of carbonyl (C=O) groups excluding carboxylic acids is 1. The molecule has 29 heavy (non-hydrogen) atoms. The van der Waals surface area contributed by atoms with E-state index in [0.29, 0.717) is 19.5 Å². The Morgan fingerprint density at radius 2 is 1.38 bits per heavy atom. The van der Waals surface area contributed by atoms with E-state index >= 15 is 0 Å². The van der Waals surface area contributed by atoms with Gasteiger partial charge in [-0.1, -0.05) is 66.7 Å². The van der Waals surface area contributed by atoms with Gasteiger partial charge in [-0.3, -0.25) is 4.79 Å². The molecule has 0 N–H and O–H groups in total. The second-order valence-electron chi connectivity index (χ2n) is 7.43. The Hall–Kier alpha value is -3.14.